The Morgan fingerprint density at radius 3 is 2.45 bits per heavy atom. The van der Waals surface area contributed by atoms with E-state index in [9.17, 15) is 9.59 Å². The van der Waals surface area contributed by atoms with Gasteiger partial charge in [-0.3, -0.25) is 9.59 Å². The van der Waals surface area contributed by atoms with Gasteiger partial charge in [0.1, 0.15) is 0 Å². The molecule has 1 spiro atoms. The van der Waals surface area contributed by atoms with Gasteiger partial charge in [-0.25, -0.2) is 0 Å². The summed E-state index contributed by atoms with van der Waals surface area (Å²) in [5.41, 5.74) is 3.48. The van der Waals surface area contributed by atoms with Crippen molar-refractivity contribution in [2.75, 3.05) is 0 Å². The average Bonchev–Trinajstić information content (AvgIpc) is 2.81. The van der Waals surface area contributed by atoms with Crippen molar-refractivity contribution in [2.24, 2.45) is 29.1 Å². The molecule has 5 rings (SSSR count). The molecule has 5 aliphatic rings. The molecule has 3 heteroatoms. The lowest BCUT2D eigenvalue weighted by molar-refractivity contribution is -0.155. The second kappa shape index (κ2) is 4.46. The Kier molecular flexibility index (Phi) is 2.70. The molecule has 0 aromatic carbocycles. The minimum Gasteiger partial charge on any atom is -0.393 e. The van der Waals surface area contributed by atoms with Crippen LogP contribution in [0, 0.1) is 29.1 Å². The first kappa shape index (κ1) is 13.3. The first-order valence-electron chi connectivity index (χ1n) is 9.19. The maximum atomic E-state index is 12.4. The molecule has 3 saturated carbocycles. The highest BCUT2D eigenvalue weighted by Gasteiger charge is 2.65. The number of cyclic esters (lactones) is 2. The molecule has 1 unspecified atom stereocenters. The molecular weight excluding hydrogens is 276 g/mol. The number of esters is 2. The van der Waals surface area contributed by atoms with Gasteiger partial charge in [0.25, 0.3) is 0 Å². The Labute approximate surface area is 131 Å². The van der Waals surface area contributed by atoms with E-state index >= 15 is 0 Å². The molecule has 1 aliphatic heterocycles. The molecule has 1 saturated heterocycles. The number of fused-ring (bicyclic) bond motifs is 6. The van der Waals surface area contributed by atoms with Gasteiger partial charge in [-0.15, -0.1) is 0 Å². The topological polar surface area (TPSA) is 43.4 Å². The molecule has 4 fully saturated rings. The molecule has 118 valence electrons. The molecule has 3 nitrogen and oxygen atoms in total. The van der Waals surface area contributed by atoms with Crippen LogP contribution in [0.1, 0.15) is 64.2 Å². The van der Waals surface area contributed by atoms with Crippen LogP contribution in [0.15, 0.2) is 11.1 Å². The number of carbonyl (C=O) groups is 2. The van der Waals surface area contributed by atoms with Crippen molar-refractivity contribution < 1.29 is 14.3 Å². The molecule has 0 N–H and O–H groups in total. The van der Waals surface area contributed by atoms with Gasteiger partial charge in [0.2, 0.25) is 0 Å². The van der Waals surface area contributed by atoms with Crippen LogP contribution in [0.25, 0.3) is 0 Å². The van der Waals surface area contributed by atoms with Gasteiger partial charge in [0.05, 0.1) is 11.8 Å². The van der Waals surface area contributed by atoms with Crippen LogP contribution in [0.2, 0.25) is 0 Å². The summed E-state index contributed by atoms with van der Waals surface area (Å²) < 4.78 is 5.14. The zero-order valence-corrected chi connectivity index (χ0v) is 13.1. The van der Waals surface area contributed by atoms with E-state index in [0.29, 0.717) is 17.3 Å². The summed E-state index contributed by atoms with van der Waals surface area (Å²) in [4.78, 5) is 24.8. The standard InChI is InChI=1S/C19H24O3/c20-17-14-12-7-3-2-6-11(12)13-10-19(8-4-1-5-9-19)16(13)15(14)18(21)22-17/h12,14-16H,1-10H2/t12?,14-,15-,16+/m1/s1. The lowest BCUT2D eigenvalue weighted by Gasteiger charge is -2.60. The fraction of sp³-hybridized carbons (Fsp3) is 0.789. The molecular formula is C19H24O3. The van der Waals surface area contributed by atoms with Crippen molar-refractivity contribution >= 4 is 11.9 Å². The summed E-state index contributed by atoms with van der Waals surface area (Å²) in [5, 5.41) is 0. The van der Waals surface area contributed by atoms with E-state index in [2.05, 4.69) is 0 Å². The van der Waals surface area contributed by atoms with Crippen molar-refractivity contribution in [3.63, 3.8) is 0 Å². The predicted octanol–water partition coefficient (Wildman–Crippen LogP) is 3.77. The maximum absolute atomic E-state index is 12.4. The molecule has 0 bridgehead atoms. The van der Waals surface area contributed by atoms with Crippen molar-refractivity contribution in [1.82, 2.24) is 0 Å². The quantitative estimate of drug-likeness (QED) is 0.388. The van der Waals surface area contributed by atoms with Crippen LogP contribution in [0.4, 0.5) is 0 Å². The highest BCUT2D eigenvalue weighted by Crippen LogP contribution is 2.68. The number of allylic oxidation sites excluding steroid dienone is 2. The van der Waals surface area contributed by atoms with E-state index in [1.54, 1.807) is 11.1 Å². The van der Waals surface area contributed by atoms with Gasteiger partial charge in [-0.1, -0.05) is 36.8 Å². The monoisotopic (exact) mass is 300 g/mol. The Balaban J connectivity index is 1.61. The van der Waals surface area contributed by atoms with E-state index in [0.717, 1.165) is 12.8 Å². The van der Waals surface area contributed by atoms with Crippen molar-refractivity contribution in [2.45, 2.75) is 64.2 Å². The molecule has 0 radical (unpaired) electrons. The Hall–Kier alpha value is -1.12. The zero-order chi connectivity index (χ0) is 14.9. The molecule has 4 atom stereocenters. The maximum Gasteiger partial charge on any atom is 0.318 e. The molecule has 22 heavy (non-hydrogen) atoms. The van der Waals surface area contributed by atoms with Crippen LogP contribution in [0.5, 0.6) is 0 Å². The first-order valence-corrected chi connectivity index (χ1v) is 9.19. The largest absolute Gasteiger partial charge is 0.393 e. The van der Waals surface area contributed by atoms with Gasteiger partial charge in [0.15, 0.2) is 0 Å². The SMILES string of the molecule is O=C1OC(=O)[C@@H]2C3CCCCC3=C3CC4(CCCCC4)[C@@H]3[C@H]12. The number of ether oxygens (including phenoxy) is 1. The van der Waals surface area contributed by atoms with E-state index in [-0.39, 0.29) is 23.8 Å². The molecule has 0 amide bonds. The third-order valence-electron chi connectivity index (χ3n) is 7.42. The summed E-state index contributed by atoms with van der Waals surface area (Å²) in [6, 6.07) is 0. The van der Waals surface area contributed by atoms with Crippen molar-refractivity contribution in [1.29, 1.82) is 0 Å². The van der Waals surface area contributed by atoms with Crippen LogP contribution >= 0.6 is 0 Å². The Morgan fingerprint density at radius 1 is 0.864 bits per heavy atom. The van der Waals surface area contributed by atoms with Crippen LogP contribution in [-0.4, -0.2) is 11.9 Å². The van der Waals surface area contributed by atoms with Gasteiger partial charge < -0.3 is 4.74 Å². The molecule has 4 aliphatic carbocycles. The highest BCUT2D eigenvalue weighted by atomic mass is 16.6. The number of carbonyl (C=O) groups excluding carboxylic acids is 2. The van der Waals surface area contributed by atoms with Crippen LogP contribution in [-0.2, 0) is 14.3 Å². The minimum atomic E-state index is -0.212. The van der Waals surface area contributed by atoms with Crippen LogP contribution < -0.4 is 0 Å². The summed E-state index contributed by atoms with van der Waals surface area (Å²) >= 11 is 0. The fourth-order valence-electron chi connectivity index (χ4n) is 6.61. The summed E-state index contributed by atoms with van der Waals surface area (Å²) in [5.74, 6) is -0.0223. The second-order valence-corrected chi connectivity index (χ2v) is 8.27. The van der Waals surface area contributed by atoms with Crippen molar-refractivity contribution in [3.05, 3.63) is 11.1 Å². The first-order chi connectivity index (χ1) is 10.7. The van der Waals surface area contributed by atoms with Gasteiger partial charge in [-0.05, 0) is 49.9 Å². The predicted molar refractivity (Wildman–Crippen MR) is 80.7 cm³/mol. The number of hydrogen-bond donors (Lipinski definition) is 0. The fourth-order valence-corrected chi connectivity index (χ4v) is 6.61. The average molecular weight is 300 g/mol. The van der Waals surface area contributed by atoms with Gasteiger partial charge >= 0.3 is 11.9 Å². The summed E-state index contributed by atoms with van der Waals surface area (Å²) in [6.07, 6.45) is 12.4. The zero-order valence-electron chi connectivity index (χ0n) is 13.1. The van der Waals surface area contributed by atoms with Crippen molar-refractivity contribution in [3.8, 4) is 0 Å². The Bertz CT molecular complexity index is 581. The number of hydrogen-bond acceptors (Lipinski definition) is 3. The second-order valence-electron chi connectivity index (χ2n) is 8.27. The highest BCUT2D eigenvalue weighted by molar-refractivity contribution is 5.98. The molecule has 0 aromatic heterocycles. The third kappa shape index (κ3) is 1.53. The minimum absolute atomic E-state index is 0.138. The van der Waals surface area contributed by atoms with E-state index in [4.69, 9.17) is 4.74 Å². The number of rotatable bonds is 0. The van der Waals surface area contributed by atoms with Crippen LogP contribution in [0.3, 0.4) is 0 Å². The summed E-state index contributed by atoms with van der Waals surface area (Å²) in [7, 11) is 0. The summed E-state index contributed by atoms with van der Waals surface area (Å²) in [6.45, 7) is 0. The lowest BCUT2D eigenvalue weighted by Crippen LogP contribution is -2.55. The lowest BCUT2D eigenvalue weighted by atomic mass is 9.42. The van der Waals surface area contributed by atoms with Gasteiger partial charge in [0, 0.05) is 5.92 Å². The third-order valence-corrected chi connectivity index (χ3v) is 7.42. The molecule has 1 heterocycles. The van der Waals surface area contributed by atoms with Gasteiger partial charge in [-0.2, -0.15) is 0 Å². The smallest absolute Gasteiger partial charge is 0.318 e. The molecule has 0 aromatic rings. The van der Waals surface area contributed by atoms with E-state index < -0.39 is 0 Å². The van der Waals surface area contributed by atoms with E-state index in [1.165, 1.54) is 51.4 Å². The Morgan fingerprint density at radius 2 is 1.64 bits per heavy atom. The van der Waals surface area contributed by atoms with E-state index in [1.807, 2.05) is 0 Å². The normalized spacial score (nSPS) is 42.4.